The molecule has 49 heavy (non-hydrogen) atoms. The van der Waals surface area contributed by atoms with E-state index in [2.05, 4.69) is 31.1 Å². The molecule has 0 bridgehead atoms. The fourth-order valence-electron chi connectivity index (χ4n) is 8.09. The van der Waals surface area contributed by atoms with Gasteiger partial charge in [-0.15, -0.1) is 0 Å². The van der Waals surface area contributed by atoms with Crippen molar-refractivity contribution in [1.82, 2.24) is 40.5 Å². The molecule has 0 radical (unpaired) electrons. The second-order valence-electron chi connectivity index (χ2n) is 14.1. The van der Waals surface area contributed by atoms with Crippen LogP contribution in [-0.4, -0.2) is 112 Å². The Kier molecular flexibility index (Phi) is 8.34. The Balaban J connectivity index is 1.05. The zero-order valence-corrected chi connectivity index (χ0v) is 28.1. The molecule has 3 saturated heterocycles. The molecule has 5 amide bonds. The Hall–Kier alpha value is -4.72. The van der Waals surface area contributed by atoms with Gasteiger partial charge in [-0.2, -0.15) is 5.10 Å². The highest BCUT2D eigenvalue weighted by Crippen LogP contribution is 2.43. The van der Waals surface area contributed by atoms with Crippen LogP contribution in [0.25, 0.3) is 10.9 Å². The monoisotopic (exact) mass is 672 g/mol. The van der Waals surface area contributed by atoms with Crippen molar-refractivity contribution in [2.75, 3.05) is 51.6 Å². The molecule has 260 valence electrons. The van der Waals surface area contributed by atoms with Crippen LogP contribution in [0, 0.1) is 12.3 Å². The minimum atomic E-state index is -0.865. The number of ether oxygens (including phenoxy) is 1. The number of carbonyl (C=O) groups excluding carboxylic acids is 4. The van der Waals surface area contributed by atoms with Crippen molar-refractivity contribution in [2.45, 2.75) is 70.1 Å². The number of nitrogens with zero attached hydrogens (tertiary/aromatic N) is 5. The molecule has 2 aromatic heterocycles. The number of piperidine rings is 2. The highest BCUT2D eigenvalue weighted by atomic mass is 16.6. The van der Waals surface area contributed by atoms with Crippen LogP contribution in [0.3, 0.4) is 0 Å². The number of aryl methyl sites for hydroxylation is 1. The number of hydrogen-bond donors (Lipinski definition) is 4. The minimum Gasteiger partial charge on any atom is -0.437 e. The third-order valence-corrected chi connectivity index (χ3v) is 11.1. The molecular formula is C35H45N9O5. The van der Waals surface area contributed by atoms with E-state index in [9.17, 15) is 19.2 Å². The van der Waals surface area contributed by atoms with E-state index in [1.807, 2.05) is 41.0 Å². The lowest BCUT2D eigenvalue weighted by Crippen LogP contribution is -2.56. The zero-order chi connectivity index (χ0) is 35.0. The average Bonchev–Trinajstić information content (AvgIpc) is 3.76. The number of benzene rings is 1. The van der Waals surface area contributed by atoms with Crippen LogP contribution in [-0.2, 0) is 26.3 Å². The molecule has 7 rings (SSSR count). The lowest BCUT2D eigenvalue weighted by atomic mass is 9.77. The summed E-state index contributed by atoms with van der Waals surface area (Å²) in [4.78, 5) is 63.2. The number of fused-ring (bicyclic) bond motifs is 3. The number of hydrogen-bond acceptors (Lipinski definition) is 8. The third-order valence-electron chi connectivity index (χ3n) is 11.1. The first-order valence-electron chi connectivity index (χ1n) is 17.8. The Morgan fingerprint density at radius 3 is 2.53 bits per heavy atom. The predicted octanol–water partition coefficient (Wildman–Crippen LogP) is 2.89. The van der Waals surface area contributed by atoms with Gasteiger partial charge in [-0.25, -0.2) is 14.6 Å². The van der Waals surface area contributed by atoms with E-state index in [0.29, 0.717) is 64.3 Å². The maximum atomic E-state index is 14.4. The summed E-state index contributed by atoms with van der Waals surface area (Å²) in [5.74, 6) is 0.370. The van der Waals surface area contributed by atoms with E-state index in [1.165, 1.54) is 0 Å². The summed E-state index contributed by atoms with van der Waals surface area (Å²) >= 11 is 0. The highest BCUT2D eigenvalue weighted by molar-refractivity contribution is 5.89. The van der Waals surface area contributed by atoms with Gasteiger partial charge in [-0.1, -0.05) is 6.07 Å². The first kappa shape index (κ1) is 31.5. The van der Waals surface area contributed by atoms with Gasteiger partial charge in [-0.3, -0.25) is 20.0 Å². The van der Waals surface area contributed by atoms with Crippen molar-refractivity contribution in [1.29, 1.82) is 0 Å². The van der Waals surface area contributed by atoms with Crippen molar-refractivity contribution < 1.29 is 25.3 Å². The van der Waals surface area contributed by atoms with Gasteiger partial charge in [0.25, 0.3) is 0 Å². The number of amides is 5. The number of anilines is 1. The van der Waals surface area contributed by atoms with Crippen LogP contribution < -0.4 is 16.0 Å². The molecule has 4 N–H and O–H groups in total. The molecule has 2 spiro atoms. The lowest BCUT2D eigenvalue weighted by Gasteiger charge is -2.43. The number of likely N-dealkylation sites (N-methyl/N-ethyl adjacent to an activating group) is 1. The van der Waals surface area contributed by atoms with Crippen LogP contribution in [0.4, 0.5) is 15.4 Å². The maximum Gasteiger partial charge on any atom is 0.413 e. The van der Waals surface area contributed by atoms with Crippen LogP contribution in [0.5, 0.6) is 0 Å². The summed E-state index contributed by atoms with van der Waals surface area (Å²) in [5, 5.41) is 16.8. The molecule has 14 nitrogen and oxygen atoms in total. The molecule has 0 aliphatic carbocycles. The largest absolute Gasteiger partial charge is 0.437 e. The zero-order valence-electron chi connectivity index (χ0n) is 29.1. The van der Waals surface area contributed by atoms with Crippen molar-refractivity contribution in [2.24, 2.45) is 5.41 Å². The number of urea groups is 1. The first-order valence-corrected chi connectivity index (χ1v) is 17.1. The molecule has 6 heterocycles. The van der Waals surface area contributed by atoms with Gasteiger partial charge < -0.3 is 30.1 Å². The first-order chi connectivity index (χ1) is 24.1. The third kappa shape index (κ3) is 6.29. The molecular weight excluding hydrogens is 626 g/mol. The lowest BCUT2D eigenvalue weighted by molar-refractivity contribution is -0.136. The fourth-order valence-corrected chi connectivity index (χ4v) is 8.09. The van der Waals surface area contributed by atoms with E-state index in [0.717, 1.165) is 46.9 Å². The van der Waals surface area contributed by atoms with Gasteiger partial charge in [0, 0.05) is 77.0 Å². The predicted molar refractivity (Wildman–Crippen MR) is 182 cm³/mol. The van der Waals surface area contributed by atoms with Gasteiger partial charge in [0.05, 0.1) is 17.8 Å². The molecule has 3 aromatic rings. The quantitative estimate of drug-likeness (QED) is 0.311. The standard InChI is InChI=1S/C35H45N9O5/c1-22-17-24(18-25-20-38-41-28(22)25)19-27(31(46)44-14-8-34(21-44)6-12-42(13-7-34)30(45)23(2)36-3)39-32(47)43-15-9-35(10-16-43)26-5-4-11-37-29(26)40-33(48)49-35/h4-5,11,17-18,20,23,27,36H,6-10,12-16,19,21H2,1-3H3,(H,38,41)(H,39,47)(H,37,40,48)/t23-,27-/m0/s1/i3D. The Morgan fingerprint density at radius 1 is 1.04 bits per heavy atom. The van der Waals surface area contributed by atoms with Crippen molar-refractivity contribution in [3.8, 4) is 0 Å². The van der Waals surface area contributed by atoms with Crippen molar-refractivity contribution >= 4 is 40.7 Å². The molecule has 4 aliphatic heterocycles. The summed E-state index contributed by atoms with van der Waals surface area (Å²) in [6.45, 7) is 6.88. The van der Waals surface area contributed by atoms with E-state index in [4.69, 9.17) is 6.11 Å². The van der Waals surface area contributed by atoms with Crippen molar-refractivity contribution in [3.63, 3.8) is 0 Å². The van der Waals surface area contributed by atoms with Gasteiger partial charge in [0.2, 0.25) is 11.8 Å². The topological polar surface area (TPSA) is 165 Å². The van der Waals surface area contributed by atoms with Crippen LogP contribution in [0.15, 0.2) is 36.7 Å². The molecule has 1 aromatic carbocycles. The smallest absolute Gasteiger partial charge is 0.413 e. The van der Waals surface area contributed by atoms with Gasteiger partial charge in [0.1, 0.15) is 17.5 Å². The van der Waals surface area contributed by atoms with Gasteiger partial charge in [0.15, 0.2) is 0 Å². The molecule has 0 unspecified atom stereocenters. The molecule has 14 heteroatoms. The van der Waals surface area contributed by atoms with Crippen LogP contribution in [0.2, 0.25) is 0 Å². The van der Waals surface area contributed by atoms with E-state index < -0.39 is 23.8 Å². The van der Waals surface area contributed by atoms with Crippen molar-refractivity contribution in [3.05, 3.63) is 53.3 Å². The molecule has 2 atom stereocenters. The summed E-state index contributed by atoms with van der Waals surface area (Å²) in [6, 6.07) is 6.22. The number of nitrogens with one attached hydrogen (secondary N) is 4. The number of H-pyrrole nitrogens is 1. The number of likely N-dealkylation sites (tertiary alicyclic amines) is 3. The minimum absolute atomic E-state index is 0.00706. The second-order valence-corrected chi connectivity index (χ2v) is 14.1. The van der Waals surface area contributed by atoms with E-state index >= 15 is 0 Å². The molecule has 4 aliphatic rings. The number of aromatic amines is 1. The number of carbonyl (C=O) groups is 4. The Bertz CT molecular complexity index is 1780. The van der Waals surface area contributed by atoms with Gasteiger partial charge >= 0.3 is 12.1 Å². The SMILES string of the molecule is [2H]CN[C@@H](C)C(=O)N1CCC2(CC1)CCN(C(=O)[C@H](Cc1cc(C)c3[nH]ncc3c1)NC(=O)N1CCC3(CC1)OC(=O)Nc1ncccc13)C2. The van der Waals surface area contributed by atoms with E-state index in [1.54, 1.807) is 24.2 Å². The summed E-state index contributed by atoms with van der Waals surface area (Å²) in [7, 11) is -0.00706. The van der Waals surface area contributed by atoms with E-state index in [-0.39, 0.29) is 30.3 Å². The van der Waals surface area contributed by atoms with Crippen LogP contribution >= 0.6 is 0 Å². The Labute approximate surface area is 286 Å². The van der Waals surface area contributed by atoms with Crippen LogP contribution in [0.1, 0.15) is 57.1 Å². The summed E-state index contributed by atoms with van der Waals surface area (Å²) in [5.41, 5.74) is 2.74. The second kappa shape index (κ2) is 13.0. The average molecular weight is 673 g/mol. The summed E-state index contributed by atoms with van der Waals surface area (Å²) < 4.78 is 13.2. The normalized spacial score (nSPS) is 21.1. The fraction of sp³-hybridized carbons (Fsp3) is 0.543. The highest BCUT2D eigenvalue weighted by Gasteiger charge is 2.47. The maximum absolute atomic E-state index is 14.4. The molecule has 3 fully saturated rings. The number of pyridine rings is 1. The number of rotatable bonds is 6. The Morgan fingerprint density at radius 2 is 1.78 bits per heavy atom. The molecule has 0 saturated carbocycles. The van der Waals surface area contributed by atoms with Gasteiger partial charge in [-0.05, 0) is 74.9 Å². The number of aromatic nitrogens is 3. The summed E-state index contributed by atoms with van der Waals surface area (Å²) in [6.07, 6.45) is 6.42.